The summed E-state index contributed by atoms with van der Waals surface area (Å²) in [7, 11) is 0. The number of nitrogens with one attached hydrogen (secondary N) is 3. The van der Waals surface area contributed by atoms with Gasteiger partial charge in [-0.05, 0) is 42.5 Å². The van der Waals surface area contributed by atoms with Gasteiger partial charge >= 0.3 is 11.8 Å². The Balaban J connectivity index is 1.43. The molecular formula is C21H23FN3O5+. The molecule has 0 spiro atoms. The van der Waals surface area contributed by atoms with Crippen LogP contribution in [0.4, 0.5) is 10.1 Å². The van der Waals surface area contributed by atoms with Crippen molar-refractivity contribution in [3.05, 3.63) is 53.8 Å². The van der Waals surface area contributed by atoms with Gasteiger partial charge in [-0.2, -0.15) is 0 Å². The first kappa shape index (κ1) is 20.1. The fourth-order valence-corrected chi connectivity index (χ4v) is 3.61. The Labute approximate surface area is 172 Å². The minimum absolute atomic E-state index is 0.0778. The normalized spacial score (nSPS) is 16.7. The van der Waals surface area contributed by atoms with Gasteiger partial charge in [-0.25, -0.2) is 4.39 Å². The standard InChI is InChI=1S/C21H22FN3O5/c22-15-2-4-16(5-3-15)24-21(27)20(26)23-12-17(25-7-9-28-10-8-25)14-1-6-18-19(11-14)30-13-29-18/h1-6,11,17H,7-10,12-13H2,(H,23,26)(H,24,27)/p+1/t17-/m0/s1. The lowest BCUT2D eigenvalue weighted by Crippen LogP contribution is -3.15. The first-order valence-electron chi connectivity index (χ1n) is 9.77. The van der Waals surface area contributed by atoms with Crippen molar-refractivity contribution in [1.29, 1.82) is 0 Å². The number of carbonyl (C=O) groups is 2. The van der Waals surface area contributed by atoms with Gasteiger partial charge in [-0.1, -0.05) is 0 Å². The fourth-order valence-electron chi connectivity index (χ4n) is 3.61. The number of hydrogen-bond acceptors (Lipinski definition) is 5. The van der Waals surface area contributed by atoms with Crippen LogP contribution in [0.3, 0.4) is 0 Å². The quantitative estimate of drug-likeness (QED) is 0.609. The second kappa shape index (κ2) is 9.10. The molecule has 158 valence electrons. The summed E-state index contributed by atoms with van der Waals surface area (Å²) in [5.74, 6) is -0.610. The van der Waals surface area contributed by atoms with E-state index in [9.17, 15) is 14.0 Å². The summed E-state index contributed by atoms with van der Waals surface area (Å²) in [6, 6.07) is 10.9. The molecule has 0 aromatic heterocycles. The van der Waals surface area contributed by atoms with E-state index in [0.29, 0.717) is 30.4 Å². The number of quaternary nitrogens is 1. The van der Waals surface area contributed by atoms with Crippen molar-refractivity contribution in [2.24, 2.45) is 0 Å². The third kappa shape index (κ3) is 4.69. The number of amides is 2. The predicted octanol–water partition coefficient (Wildman–Crippen LogP) is 0.266. The largest absolute Gasteiger partial charge is 0.454 e. The van der Waals surface area contributed by atoms with E-state index in [1.54, 1.807) is 0 Å². The Morgan fingerprint density at radius 1 is 1.00 bits per heavy atom. The van der Waals surface area contributed by atoms with E-state index in [0.717, 1.165) is 18.7 Å². The molecule has 8 nitrogen and oxygen atoms in total. The third-order valence-electron chi connectivity index (χ3n) is 5.20. The minimum atomic E-state index is -0.803. The van der Waals surface area contributed by atoms with Gasteiger partial charge in [0.25, 0.3) is 0 Å². The van der Waals surface area contributed by atoms with Crippen LogP contribution >= 0.6 is 0 Å². The highest BCUT2D eigenvalue weighted by Crippen LogP contribution is 2.33. The average Bonchev–Trinajstić information content (AvgIpc) is 3.24. The van der Waals surface area contributed by atoms with Gasteiger partial charge in [0.2, 0.25) is 6.79 Å². The SMILES string of the molecule is O=C(NC[C@@H](c1ccc2c(c1)OCO2)[NH+]1CCOCC1)C(=O)Nc1ccc(F)cc1. The van der Waals surface area contributed by atoms with E-state index in [1.165, 1.54) is 29.2 Å². The van der Waals surface area contributed by atoms with Crippen LogP contribution in [0.25, 0.3) is 0 Å². The summed E-state index contributed by atoms with van der Waals surface area (Å²) < 4.78 is 29.3. The summed E-state index contributed by atoms with van der Waals surface area (Å²) in [6.45, 7) is 3.30. The number of carbonyl (C=O) groups excluding carboxylic acids is 2. The first-order chi connectivity index (χ1) is 14.6. The van der Waals surface area contributed by atoms with Crippen LogP contribution in [-0.2, 0) is 14.3 Å². The number of ether oxygens (including phenoxy) is 3. The molecule has 0 saturated carbocycles. The molecule has 0 radical (unpaired) electrons. The van der Waals surface area contributed by atoms with E-state index < -0.39 is 17.6 Å². The highest BCUT2D eigenvalue weighted by molar-refractivity contribution is 6.39. The Morgan fingerprint density at radius 2 is 1.73 bits per heavy atom. The van der Waals surface area contributed by atoms with E-state index in [2.05, 4.69) is 10.6 Å². The maximum atomic E-state index is 13.0. The number of benzene rings is 2. The topological polar surface area (TPSA) is 90.3 Å². The van der Waals surface area contributed by atoms with Gasteiger partial charge < -0.3 is 29.7 Å². The number of rotatable bonds is 5. The molecule has 2 amide bonds. The molecule has 30 heavy (non-hydrogen) atoms. The molecule has 2 aromatic rings. The van der Waals surface area contributed by atoms with Crippen LogP contribution < -0.4 is 25.0 Å². The Kier molecular flexibility index (Phi) is 6.10. The van der Waals surface area contributed by atoms with Gasteiger partial charge in [0, 0.05) is 11.3 Å². The zero-order valence-corrected chi connectivity index (χ0v) is 16.3. The van der Waals surface area contributed by atoms with Crippen LogP contribution in [0.5, 0.6) is 11.5 Å². The monoisotopic (exact) mass is 416 g/mol. The van der Waals surface area contributed by atoms with Gasteiger partial charge in [-0.15, -0.1) is 0 Å². The van der Waals surface area contributed by atoms with Crippen molar-refractivity contribution in [3.8, 4) is 11.5 Å². The summed E-state index contributed by atoms with van der Waals surface area (Å²) in [5.41, 5.74) is 1.33. The Morgan fingerprint density at radius 3 is 2.50 bits per heavy atom. The van der Waals surface area contributed by atoms with Crippen molar-refractivity contribution >= 4 is 17.5 Å². The maximum Gasteiger partial charge on any atom is 0.313 e. The third-order valence-corrected chi connectivity index (χ3v) is 5.20. The fraction of sp³-hybridized carbons (Fsp3) is 0.333. The van der Waals surface area contributed by atoms with Gasteiger partial charge in [0.15, 0.2) is 11.5 Å². The zero-order valence-electron chi connectivity index (χ0n) is 16.3. The van der Waals surface area contributed by atoms with Crippen molar-refractivity contribution in [2.45, 2.75) is 6.04 Å². The summed E-state index contributed by atoms with van der Waals surface area (Å²) in [6.07, 6.45) is 0. The zero-order chi connectivity index (χ0) is 20.9. The smallest absolute Gasteiger partial charge is 0.313 e. The molecule has 2 heterocycles. The minimum Gasteiger partial charge on any atom is -0.454 e. The number of hydrogen-bond donors (Lipinski definition) is 3. The molecule has 3 N–H and O–H groups in total. The van der Waals surface area contributed by atoms with Gasteiger partial charge in [0.05, 0.1) is 19.8 Å². The maximum absolute atomic E-state index is 13.0. The van der Waals surface area contributed by atoms with Crippen molar-refractivity contribution in [2.75, 3.05) is 45.0 Å². The highest BCUT2D eigenvalue weighted by atomic mass is 19.1. The molecule has 4 rings (SSSR count). The van der Waals surface area contributed by atoms with E-state index in [1.807, 2.05) is 18.2 Å². The lowest BCUT2D eigenvalue weighted by atomic mass is 10.0. The van der Waals surface area contributed by atoms with Crippen LogP contribution in [0.2, 0.25) is 0 Å². The predicted molar refractivity (Wildman–Crippen MR) is 105 cm³/mol. The molecular weight excluding hydrogens is 393 g/mol. The molecule has 0 aliphatic carbocycles. The van der Waals surface area contributed by atoms with Crippen molar-refractivity contribution in [3.63, 3.8) is 0 Å². The summed E-state index contributed by atoms with van der Waals surface area (Å²) in [5, 5.41) is 5.18. The molecule has 0 unspecified atom stereocenters. The van der Waals surface area contributed by atoms with Crippen LogP contribution in [0.1, 0.15) is 11.6 Å². The number of morpholine rings is 1. The molecule has 9 heteroatoms. The molecule has 0 bridgehead atoms. The molecule has 2 aromatic carbocycles. The summed E-state index contributed by atoms with van der Waals surface area (Å²) in [4.78, 5) is 25.8. The Hall–Kier alpha value is -3.17. The lowest BCUT2D eigenvalue weighted by molar-refractivity contribution is -0.937. The van der Waals surface area contributed by atoms with Crippen molar-refractivity contribution in [1.82, 2.24) is 5.32 Å². The van der Waals surface area contributed by atoms with Gasteiger partial charge in [0.1, 0.15) is 24.9 Å². The molecule has 2 aliphatic heterocycles. The average molecular weight is 416 g/mol. The van der Waals surface area contributed by atoms with Crippen molar-refractivity contribution < 1.29 is 33.1 Å². The molecule has 1 fully saturated rings. The molecule has 1 saturated heterocycles. The highest BCUT2D eigenvalue weighted by Gasteiger charge is 2.29. The number of halogens is 1. The second-order valence-corrected chi connectivity index (χ2v) is 7.11. The van der Waals surface area contributed by atoms with Crippen LogP contribution in [0, 0.1) is 5.82 Å². The Bertz CT molecular complexity index is 915. The van der Waals surface area contributed by atoms with Gasteiger partial charge in [-0.3, -0.25) is 9.59 Å². The summed E-state index contributed by atoms with van der Waals surface area (Å²) >= 11 is 0. The van der Waals surface area contributed by atoms with E-state index in [-0.39, 0.29) is 19.4 Å². The molecule has 1 atom stereocenters. The lowest BCUT2D eigenvalue weighted by Gasteiger charge is -2.32. The van der Waals surface area contributed by atoms with E-state index in [4.69, 9.17) is 14.2 Å². The number of fused-ring (bicyclic) bond motifs is 1. The number of anilines is 1. The first-order valence-corrected chi connectivity index (χ1v) is 9.77. The van der Waals surface area contributed by atoms with Crippen LogP contribution in [-0.4, -0.2) is 51.5 Å². The van der Waals surface area contributed by atoms with Crippen LogP contribution in [0.15, 0.2) is 42.5 Å². The van der Waals surface area contributed by atoms with E-state index >= 15 is 0 Å². The second-order valence-electron chi connectivity index (χ2n) is 7.11. The molecule has 2 aliphatic rings.